The smallest absolute Gasteiger partial charge is 0.166 e. The molecule has 2 rings (SSSR count). The lowest BCUT2D eigenvalue weighted by Crippen LogP contribution is -2.00. The molecule has 0 aliphatic carbocycles. The molecule has 0 amide bonds. The minimum Gasteiger partial charge on any atom is -0.493 e. The molecule has 0 bridgehead atoms. The molecular weight excluding hydrogens is 176 g/mol. The van der Waals surface area contributed by atoms with E-state index in [4.69, 9.17) is 4.74 Å². The fourth-order valence-corrected chi connectivity index (χ4v) is 1.74. The van der Waals surface area contributed by atoms with Crippen LogP contribution in [-0.4, -0.2) is 12.4 Å². The molecule has 0 unspecified atom stereocenters. The molecule has 1 heterocycles. The number of ether oxygens (including phenoxy) is 1. The average molecular weight is 190 g/mol. The topological polar surface area (TPSA) is 26.3 Å². The van der Waals surface area contributed by atoms with Crippen molar-refractivity contribution in [3.8, 4) is 5.75 Å². The minimum absolute atomic E-state index is 0.209. The van der Waals surface area contributed by atoms with Crippen molar-refractivity contribution in [1.82, 2.24) is 0 Å². The van der Waals surface area contributed by atoms with Crippen LogP contribution in [0, 0.1) is 13.8 Å². The molecule has 0 saturated carbocycles. The Bertz CT molecular complexity index is 380. The number of aryl methyl sites for hydroxylation is 1. The number of fused-ring (bicyclic) bond motifs is 1. The molecule has 1 aliphatic rings. The first-order chi connectivity index (χ1) is 6.70. The fourth-order valence-electron chi connectivity index (χ4n) is 1.74. The van der Waals surface area contributed by atoms with Crippen molar-refractivity contribution in [3.63, 3.8) is 0 Å². The van der Waals surface area contributed by atoms with E-state index in [1.807, 2.05) is 26.0 Å². The van der Waals surface area contributed by atoms with E-state index in [2.05, 4.69) is 0 Å². The van der Waals surface area contributed by atoms with E-state index in [1.54, 1.807) is 0 Å². The third kappa shape index (κ3) is 1.41. The zero-order chi connectivity index (χ0) is 10.1. The van der Waals surface area contributed by atoms with Gasteiger partial charge in [-0.2, -0.15) is 0 Å². The molecular formula is C12H14O2. The van der Waals surface area contributed by atoms with Crippen molar-refractivity contribution in [1.29, 1.82) is 0 Å². The van der Waals surface area contributed by atoms with Gasteiger partial charge in [0.15, 0.2) is 5.78 Å². The van der Waals surface area contributed by atoms with Crippen LogP contribution in [0.3, 0.4) is 0 Å². The standard InChI is InChI=1S/C12H14O2/c1-8-5-6-10-11(13)4-3-7-14-12(10)9(8)2/h5-6H,3-4,7H2,1-2H3. The van der Waals surface area contributed by atoms with E-state index < -0.39 is 0 Å². The predicted octanol–water partition coefficient (Wildman–Crippen LogP) is 2.66. The highest BCUT2D eigenvalue weighted by molar-refractivity contribution is 5.99. The van der Waals surface area contributed by atoms with Crippen LogP contribution in [0.1, 0.15) is 34.3 Å². The second-order valence-corrected chi connectivity index (χ2v) is 3.76. The highest BCUT2D eigenvalue weighted by atomic mass is 16.5. The maximum Gasteiger partial charge on any atom is 0.166 e. The Hall–Kier alpha value is -1.31. The zero-order valence-electron chi connectivity index (χ0n) is 8.59. The molecule has 0 N–H and O–H groups in total. The maximum absolute atomic E-state index is 11.7. The van der Waals surface area contributed by atoms with Crippen molar-refractivity contribution in [2.75, 3.05) is 6.61 Å². The van der Waals surface area contributed by atoms with Crippen molar-refractivity contribution in [3.05, 3.63) is 28.8 Å². The lowest BCUT2D eigenvalue weighted by Gasteiger charge is -2.11. The number of hydrogen-bond acceptors (Lipinski definition) is 2. The Kier molecular flexibility index (Phi) is 2.28. The zero-order valence-corrected chi connectivity index (χ0v) is 8.59. The van der Waals surface area contributed by atoms with Gasteiger partial charge in [0.05, 0.1) is 12.2 Å². The lowest BCUT2D eigenvalue weighted by molar-refractivity contribution is 0.0983. The quantitative estimate of drug-likeness (QED) is 0.628. The normalized spacial score (nSPS) is 15.7. The number of rotatable bonds is 0. The molecule has 74 valence electrons. The largest absolute Gasteiger partial charge is 0.493 e. The van der Waals surface area contributed by atoms with Gasteiger partial charge in [-0.05, 0) is 37.5 Å². The molecule has 14 heavy (non-hydrogen) atoms. The Labute approximate surface area is 83.9 Å². The summed E-state index contributed by atoms with van der Waals surface area (Å²) in [5.74, 6) is 1.01. The van der Waals surface area contributed by atoms with Gasteiger partial charge in [-0.3, -0.25) is 4.79 Å². The summed E-state index contributed by atoms with van der Waals surface area (Å²) in [6.07, 6.45) is 1.43. The molecule has 0 aromatic heterocycles. The Morgan fingerprint density at radius 1 is 1.29 bits per heavy atom. The number of benzene rings is 1. The first-order valence-electron chi connectivity index (χ1n) is 4.96. The van der Waals surface area contributed by atoms with Crippen molar-refractivity contribution in [2.45, 2.75) is 26.7 Å². The van der Waals surface area contributed by atoms with Gasteiger partial charge in [0.25, 0.3) is 0 Å². The van der Waals surface area contributed by atoms with Gasteiger partial charge >= 0.3 is 0 Å². The first-order valence-corrected chi connectivity index (χ1v) is 4.96. The second-order valence-electron chi connectivity index (χ2n) is 3.76. The Balaban J connectivity index is 2.58. The summed E-state index contributed by atoms with van der Waals surface area (Å²) in [5.41, 5.74) is 3.03. The third-order valence-electron chi connectivity index (χ3n) is 2.77. The number of carbonyl (C=O) groups excluding carboxylic acids is 1. The molecule has 0 saturated heterocycles. The van der Waals surface area contributed by atoms with Gasteiger partial charge in [0.2, 0.25) is 0 Å². The monoisotopic (exact) mass is 190 g/mol. The third-order valence-corrected chi connectivity index (χ3v) is 2.77. The van der Waals surface area contributed by atoms with Crippen LogP contribution in [0.25, 0.3) is 0 Å². The van der Waals surface area contributed by atoms with E-state index >= 15 is 0 Å². The summed E-state index contributed by atoms with van der Waals surface area (Å²) >= 11 is 0. The molecule has 2 nitrogen and oxygen atoms in total. The van der Waals surface area contributed by atoms with Gasteiger partial charge in [-0.25, -0.2) is 0 Å². The molecule has 0 fully saturated rings. The van der Waals surface area contributed by atoms with Crippen LogP contribution in [0.5, 0.6) is 5.75 Å². The number of hydrogen-bond donors (Lipinski definition) is 0. The summed E-state index contributed by atoms with van der Waals surface area (Å²) in [6, 6.07) is 3.87. The lowest BCUT2D eigenvalue weighted by atomic mass is 10.0. The number of carbonyl (C=O) groups is 1. The van der Waals surface area contributed by atoms with Crippen molar-refractivity contribution < 1.29 is 9.53 Å². The maximum atomic E-state index is 11.7. The summed E-state index contributed by atoms with van der Waals surface area (Å²) < 4.78 is 5.61. The molecule has 1 aliphatic heterocycles. The fraction of sp³-hybridized carbons (Fsp3) is 0.417. The molecule has 1 aromatic rings. The summed E-state index contributed by atoms with van der Waals surface area (Å²) in [6.45, 7) is 4.70. The minimum atomic E-state index is 0.209. The van der Waals surface area contributed by atoms with Gasteiger partial charge in [-0.1, -0.05) is 6.07 Å². The van der Waals surface area contributed by atoms with E-state index in [-0.39, 0.29) is 5.78 Å². The molecule has 1 aromatic carbocycles. The van der Waals surface area contributed by atoms with Gasteiger partial charge in [0.1, 0.15) is 5.75 Å². The van der Waals surface area contributed by atoms with Crippen LogP contribution >= 0.6 is 0 Å². The van der Waals surface area contributed by atoms with Crippen LogP contribution in [0.2, 0.25) is 0 Å². The summed E-state index contributed by atoms with van der Waals surface area (Å²) in [4.78, 5) is 11.7. The molecule has 0 atom stereocenters. The number of Topliss-reactive ketones (excluding diaryl/α,β-unsaturated/α-hetero) is 1. The average Bonchev–Trinajstić information content (AvgIpc) is 2.35. The highest BCUT2D eigenvalue weighted by Gasteiger charge is 2.18. The van der Waals surface area contributed by atoms with E-state index in [0.717, 1.165) is 23.3 Å². The second kappa shape index (κ2) is 3.45. The molecule has 0 spiro atoms. The Morgan fingerprint density at radius 2 is 2.07 bits per heavy atom. The summed E-state index contributed by atoms with van der Waals surface area (Å²) in [7, 11) is 0. The van der Waals surface area contributed by atoms with Gasteiger partial charge in [0, 0.05) is 6.42 Å². The van der Waals surface area contributed by atoms with E-state index in [0.29, 0.717) is 13.0 Å². The van der Waals surface area contributed by atoms with Gasteiger partial charge < -0.3 is 4.74 Å². The van der Waals surface area contributed by atoms with E-state index in [9.17, 15) is 4.79 Å². The molecule has 2 heteroatoms. The van der Waals surface area contributed by atoms with E-state index in [1.165, 1.54) is 5.56 Å². The van der Waals surface area contributed by atoms with Crippen molar-refractivity contribution >= 4 is 5.78 Å². The number of ketones is 1. The molecule has 0 radical (unpaired) electrons. The Morgan fingerprint density at radius 3 is 2.86 bits per heavy atom. The van der Waals surface area contributed by atoms with Crippen LogP contribution in [0.4, 0.5) is 0 Å². The first kappa shape index (κ1) is 9.25. The van der Waals surface area contributed by atoms with Crippen LogP contribution in [0.15, 0.2) is 12.1 Å². The predicted molar refractivity (Wildman–Crippen MR) is 55.0 cm³/mol. The summed E-state index contributed by atoms with van der Waals surface area (Å²) in [5, 5.41) is 0. The SMILES string of the molecule is Cc1ccc2c(c1C)OCCCC2=O. The van der Waals surface area contributed by atoms with Crippen LogP contribution < -0.4 is 4.74 Å². The van der Waals surface area contributed by atoms with Crippen LogP contribution in [-0.2, 0) is 0 Å². The van der Waals surface area contributed by atoms with Crippen molar-refractivity contribution in [2.24, 2.45) is 0 Å². The highest BCUT2D eigenvalue weighted by Crippen LogP contribution is 2.29. The van der Waals surface area contributed by atoms with Gasteiger partial charge in [-0.15, -0.1) is 0 Å².